The van der Waals surface area contributed by atoms with Crippen molar-refractivity contribution in [3.63, 3.8) is 0 Å². The maximum atomic E-state index is 12.0. The third-order valence-corrected chi connectivity index (χ3v) is 3.01. The van der Waals surface area contributed by atoms with Crippen molar-refractivity contribution in [1.82, 2.24) is 5.06 Å². The van der Waals surface area contributed by atoms with Crippen molar-refractivity contribution in [2.75, 3.05) is 21.3 Å². The van der Waals surface area contributed by atoms with Crippen molar-refractivity contribution in [1.29, 1.82) is 0 Å². The fourth-order valence-corrected chi connectivity index (χ4v) is 2.12. The van der Waals surface area contributed by atoms with Gasteiger partial charge in [-0.25, -0.2) is 9.59 Å². The van der Waals surface area contributed by atoms with Crippen LogP contribution in [-0.2, 0) is 23.9 Å². The lowest BCUT2D eigenvalue weighted by atomic mass is 9.98. The molecule has 1 atom stereocenters. The molecule has 1 aromatic rings. The van der Waals surface area contributed by atoms with E-state index in [0.29, 0.717) is 0 Å². The van der Waals surface area contributed by atoms with Crippen LogP contribution in [0.2, 0.25) is 0 Å². The summed E-state index contributed by atoms with van der Waals surface area (Å²) in [5, 5.41) is 1.42. The number of hydrogen-bond donors (Lipinski definition) is 0. The van der Waals surface area contributed by atoms with E-state index in [0.717, 1.165) is 5.56 Å². The number of benzene rings is 1. The largest absolute Gasteiger partial charge is 0.465 e. The van der Waals surface area contributed by atoms with E-state index in [9.17, 15) is 9.59 Å². The molecule has 0 saturated carbocycles. The predicted molar refractivity (Wildman–Crippen MR) is 69.1 cm³/mol. The number of rotatable bonds is 3. The normalized spacial score (nSPS) is 18.6. The van der Waals surface area contributed by atoms with Gasteiger partial charge in [-0.05, 0) is 5.56 Å². The maximum Gasteiger partial charge on any atom is 0.376 e. The molecule has 1 aliphatic heterocycles. The lowest BCUT2D eigenvalue weighted by Gasteiger charge is -2.19. The summed E-state index contributed by atoms with van der Waals surface area (Å²) in [6.07, 6.45) is 0. The molecule has 106 valence electrons. The second kappa shape index (κ2) is 5.75. The summed E-state index contributed by atoms with van der Waals surface area (Å²) in [7, 11) is 4.12. The summed E-state index contributed by atoms with van der Waals surface area (Å²) in [4.78, 5) is 29.1. The van der Waals surface area contributed by atoms with E-state index in [2.05, 4.69) is 4.74 Å². The molecule has 6 heteroatoms. The molecule has 0 spiro atoms. The van der Waals surface area contributed by atoms with Crippen molar-refractivity contribution in [3.8, 4) is 0 Å². The number of hydroxylamine groups is 2. The lowest BCUT2D eigenvalue weighted by Crippen LogP contribution is -2.22. The zero-order chi connectivity index (χ0) is 14.7. The maximum absolute atomic E-state index is 12.0. The fourth-order valence-electron chi connectivity index (χ4n) is 2.12. The van der Waals surface area contributed by atoms with E-state index in [1.807, 2.05) is 30.3 Å². The molecule has 1 unspecified atom stereocenters. The Balaban J connectivity index is 2.52. The minimum atomic E-state index is -0.712. The molecule has 1 heterocycles. The molecule has 2 rings (SSSR count). The third-order valence-electron chi connectivity index (χ3n) is 3.01. The quantitative estimate of drug-likeness (QED) is 0.774. The van der Waals surface area contributed by atoms with Crippen LogP contribution in [0.15, 0.2) is 41.7 Å². The summed E-state index contributed by atoms with van der Waals surface area (Å²) in [5.74, 6) is -1.48. The summed E-state index contributed by atoms with van der Waals surface area (Å²) in [6.45, 7) is 0. The van der Waals surface area contributed by atoms with Crippen LogP contribution in [0.4, 0.5) is 0 Å². The Bertz CT molecular complexity index is 552. The average molecular weight is 277 g/mol. The highest BCUT2D eigenvalue weighted by Gasteiger charge is 2.42. The van der Waals surface area contributed by atoms with Crippen LogP contribution in [0.25, 0.3) is 0 Å². The number of nitrogens with zero attached hydrogens (tertiary/aromatic N) is 1. The molecule has 20 heavy (non-hydrogen) atoms. The van der Waals surface area contributed by atoms with E-state index in [1.165, 1.54) is 19.3 Å². The molecule has 1 aromatic carbocycles. The number of carbonyl (C=O) groups excluding carboxylic acids is 2. The predicted octanol–water partition coefficient (Wildman–Crippen LogP) is 1.20. The molecule has 0 saturated heterocycles. The molecule has 0 radical (unpaired) electrons. The zero-order valence-corrected chi connectivity index (χ0v) is 11.5. The van der Waals surface area contributed by atoms with Crippen LogP contribution < -0.4 is 0 Å². The minimum absolute atomic E-state index is 0.132. The fraction of sp³-hybridized carbons (Fsp3) is 0.286. The summed E-state index contributed by atoms with van der Waals surface area (Å²) in [5.41, 5.74) is 0.947. The summed E-state index contributed by atoms with van der Waals surface area (Å²) < 4.78 is 9.38. The van der Waals surface area contributed by atoms with Gasteiger partial charge < -0.3 is 14.3 Å². The van der Waals surface area contributed by atoms with E-state index < -0.39 is 18.0 Å². The van der Waals surface area contributed by atoms with Gasteiger partial charge in [0.25, 0.3) is 0 Å². The first kappa shape index (κ1) is 14.1. The van der Waals surface area contributed by atoms with Gasteiger partial charge in [-0.2, -0.15) is 0 Å². The minimum Gasteiger partial charge on any atom is -0.465 e. The average Bonchev–Trinajstić information content (AvgIpc) is 2.84. The lowest BCUT2D eigenvalue weighted by molar-refractivity contribution is -0.152. The number of likely N-dealkylation sites (N-methyl/N-ethyl adjacent to an activating group) is 1. The molecule has 0 aliphatic carbocycles. The van der Waals surface area contributed by atoms with Crippen molar-refractivity contribution >= 4 is 11.9 Å². The van der Waals surface area contributed by atoms with Gasteiger partial charge in [0.2, 0.25) is 5.76 Å². The van der Waals surface area contributed by atoms with Crippen molar-refractivity contribution in [2.24, 2.45) is 0 Å². The number of carbonyl (C=O) groups is 2. The number of ether oxygens (including phenoxy) is 2. The van der Waals surface area contributed by atoms with Crippen molar-refractivity contribution < 1.29 is 23.9 Å². The van der Waals surface area contributed by atoms with Gasteiger partial charge >= 0.3 is 11.9 Å². The van der Waals surface area contributed by atoms with Gasteiger partial charge in [0.05, 0.1) is 14.2 Å². The molecule has 0 N–H and O–H groups in total. The van der Waals surface area contributed by atoms with E-state index >= 15 is 0 Å². The van der Waals surface area contributed by atoms with Gasteiger partial charge in [0.15, 0.2) is 0 Å². The van der Waals surface area contributed by atoms with Crippen LogP contribution in [0, 0.1) is 0 Å². The molecule has 1 aliphatic rings. The van der Waals surface area contributed by atoms with Gasteiger partial charge in [0, 0.05) is 7.05 Å². The first-order valence-corrected chi connectivity index (χ1v) is 5.96. The Labute approximate surface area is 116 Å². The smallest absolute Gasteiger partial charge is 0.376 e. The highest BCUT2D eigenvalue weighted by atomic mass is 16.7. The Morgan fingerprint density at radius 3 is 2.25 bits per heavy atom. The SMILES string of the molecule is COC(=O)C1=C(C(=O)OC)C(c2ccccc2)N(C)O1. The Kier molecular flexibility index (Phi) is 4.05. The van der Waals surface area contributed by atoms with Crippen LogP contribution >= 0.6 is 0 Å². The standard InChI is InChI=1S/C14H15NO5/c1-15-11(9-7-5-4-6-8-9)10(13(16)18-2)12(20-15)14(17)19-3/h4-8,11H,1-3H3. The zero-order valence-electron chi connectivity index (χ0n) is 11.5. The van der Waals surface area contributed by atoms with E-state index in [1.54, 1.807) is 7.05 Å². The van der Waals surface area contributed by atoms with E-state index in [4.69, 9.17) is 9.57 Å². The van der Waals surface area contributed by atoms with Crippen molar-refractivity contribution in [3.05, 3.63) is 47.2 Å². The molecule has 0 bridgehead atoms. The molecular weight excluding hydrogens is 262 g/mol. The second-order valence-electron chi connectivity index (χ2n) is 4.18. The van der Waals surface area contributed by atoms with Gasteiger partial charge in [-0.3, -0.25) is 0 Å². The monoisotopic (exact) mass is 277 g/mol. The van der Waals surface area contributed by atoms with Crippen molar-refractivity contribution in [2.45, 2.75) is 6.04 Å². The highest BCUT2D eigenvalue weighted by Crippen LogP contribution is 2.37. The molecular formula is C14H15NO5. The van der Waals surface area contributed by atoms with Gasteiger partial charge in [-0.1, -0.05) is 30.3 Å². The topological polar surface area (TPSA) is 65.1 Å². The highest BCUT2D eigenvalue weighted by molar-refractivity contribution is 6.00. The second-order valence-corrected chi connectivity index (χ2v) is 4.18. The Hall–Kier alpha value is -2.34. The first-order chi connectivity index (χ1) is 9.60. The number of methoxy groups -OCH3 is 2. The Morgan fingerprint density at radius 2 is 1.70 bits per heavy atom. The van der Waals surface area contributed by atoms with Gasteiger partial charge in [0.1, 0.15) is 11.6 Å². The van der Waals surface area contributed by atoms with Gasteiger partial charge in [-0.15, -0.1) is 5.06 Å². The molecule has 0 aromatic heterocycles. The third kappa shape index (κ3) is 2.37. The van der Waals surface area contributed by atoms with Crippen LogP contribution in [0.5, 0.6) is 0 Å². The van der Waals surface area contributed by atoms with E-state index in [-0.39, 0.29) is 11.3 Å². The molecule has 0 amide bonds. The van der Waals surface area contributed by atoms with Crippen LogP contribution in [-0.4, -0.2) is 38.3 Å². The number of hydrogen-bond acceptors (Lipinski definition) is 6. The molecule has 0 fully saturated rings. The number of esters is 2. The van der Waals surface area contributed by atoms with Crippen LogP contribution in [0.1, 0.15) is 11.6 Å². The Morgan fingerprint density at radius 1 is 1.10 bits per heavy atom. The summed E-state index contributed by atoms with van der Waals surface area (Å²) >= 11 is 0. The summed E-state index contributed by atoms with van der Waals surface area (Å²) in [6, 6.07) is 8.71. The molecule has 6 nitrogen and oxygen atoms in total. The first-order valence-electron chi connectivity index (χ1n) is 5.96. The van der Waals surface area contributed by atoms with Crippen LogP contribution in [0.3, 0.4) is 0 Å².